The molecule has 110 valence electrons. The Morgan fingerprint density at radius 1 is 1.05 bits per heavy atom. The molecule has 0 atom stereocenters. The van der Waals surface area contributed by atoms with E-state index >= 15 is 0 Å². The van der Waals surface area contributed by atoms with Gasteiger partial charge in [-0.3, -0.25) is 0 Å². The average molecular weight is 285 g/mol. The van der Waals surface area contributed by atoms with Gasteiger partial charge in [0.25, 0.3) is 0 Å². The van der Waals surface area contributed by atoms with Crippen molar-refractivity contribution in [1.82, 2.24) is 0 Å². The summed E-state index contributed by atoms with van der Waals surface area (Å²) in [5.74, 6) is 2.55. The SMILES string of the molecule is COc1ccc(NCc2ccc3c(c2)OCCO3)cc1C. The fourth-order valence-corrected chi connectivity index (χ4v) is 2.39. The third-order valence-electron chi connectivity index (χ3n) is 3.50. The van der Waals surface area contributed by atoms with E-state index in [0.29, 0.717) is 13.2 Å². The van der Waals surface area contributed by atoms with Gasteiger partial charge < -0.3 is 19.5 Å². The Morgan fingerprint density at radius 3 is 2.62 bits per heavy atom. The number of nitrogens with one attached hydrogen (secondary N) is 1. The van der Waals surface area contributed by atoms with Crippen LogP contribution >= 0.6 is 0 Å². The summed E-state index contributed by atoms with van der Waals surface area (Å²) in [7, 11) is 1.69. The summed E-state index contributed by atoms with van der Waals surface area (Å²) in [4.78, 5) is 0. The van der Waals surface area contributed by atoms with Crippen LogP contribution in [0, 0.1) is 6.92 Å². The third kappa shape index (κ3) is 3.05. The number of ether oxygens (including phenoxy) is 3. The molecule has 1 aliphatic rings. The molecule has 2 aromatic rings. The zero-order valence-corrected chi connectivity index (χ0v) is 12.3. The number of aryl methyl sites for hydroxylation is 1. The molecule has 0 amide bonds. The molecule has 0 radical (unpaired) electrons. The van der Waals surface area contributed by atoms with E-state index in [9.17, 15) is 0 Å². The number of methoxy groups -OCH3 is 1. The van der Waals surface area contributed by atoms with Gasteiger partial charge in [-0.2, -0.15) is 0 Å². The smallest absolute Gasteiger partial charge is 0.161 e. The molecule has 4 heteroatoms. The van der Waals surface area contributed by atoms with Crippen LogP contribution in [0.25, 0.3) is 0 Å². The highest BCUT2D eigenvalue weighted by molar-refractivity contribution is 5.52. The number of fused-ring (bicyclic) bond motifs is 1. The minimum atomic E-state index is 0.613. The molecule has 0 fully saturated rings. The molecular formula is C17H19NO3. The predicted octanol–water partition coefficient (Wildman–Crippen LogP) is 3.39. The molecule has 2 aromatic carbocycles. The van der Waals surface area contributed by atoms with Gasteiger partial charge in [-0.05, 0) is 48.4 Å². The number of benzene rings is 2. The van der Waals surface area contributed by atoms with Gasteiger partial charge in [-0.25, -0.2) is 0 Å². The summed E-state index contributed by atoms with van der Waals surface area (Å²) in [6, 6.07) is 12.1. The van der Waals surface area contributed by atoms with Crippen LogP contribution in [0.5, 0.6) is 17.2 Å². The molecule has 1 aliphatic heterocycles. The largest absolute Gasteiger partial charge is 0.496 e. The second kappa shape index (κ2) is 5.95. The molecule has 1 N–H and O–H groups in total. The molecule has 0 spiro atoms. The summed E-state index contributed by atoms with van der Waals surface area (Å²) < 4.78 is 16.4. The minimum absolute atomic E-state index is 0.613. The Labute approximate surface area is 124 Å². The molecule has 0 saturated carbocycles. The molecule has 0 bridgehead atoms. The van der Waals surface area contributed by atoms with Crippen molar-refractivity contribution in [2.24, 2.45) is 0 Å². The molecular weight excluding hydrogens is 266 g/mol. The van der Waals surface area contributed by atoms with Gasteiger partial charge in [-0.15, -0.1) is 0 Å². The molecule has 0 aromatic heterocycles. The molecule has 4 nitrogen and oxygen atoms in total. The molecule has 1 heterocycles. The van der Waals surface area contributed by atoms with Crippen LogP contribution in [0.2, 0.25) is 0 Å². The number of rotatable bonds is 4. The van der Waals surface area contributed by atoms with E-state index in [4.69, 9.17) is 14.2 Å². The van der Waals surface area contributed by atoms with Gasteiger partial charge in [0.2, 0.25) is 0 Å². The monoisotopic (exact) mass is 285 g/mol. The Kier molecular flexibility index (Phi) is 3.86. The first-order valence-electron chi connectivity index (χ1n) is 7.03. The fourth-order valence-electron chi connectivity index (χ4n) is 2.39. The van der Waals surface area contributed by atoms with Gasteiger partial charge in [0.05, 0.1) is 7.11 Å². The Hall–Kier alpha value is -2.36. The summed E-state index contributed by atoms with van der Waals surface area (Å²) in [5.41, 5.74) is 3.35. The van der Waals surface area contributed by atoms with Gasteiger partial charge in [0.1, 0.15) is 19.0 Å². The normalized spacial score (nSPS) is 12.9. The van der Waals surface area contributed by atoms with Crippen molar-refractivity contribution >= 4 is 5.69 Å². The van der Waals surface area contributed by atoms with Crippen molar-refractivity contribution in [1.29, 1.82) is 0 Å². The third-order valence-corrected chi connectivity index (χ3v) is 3.50. The van der Waals surface area contributed by atoms with E-state index in [-0.39, 0.29) is 0 Å². The fraction of sp³-hybridized carbons (Fsp3) is 0.294. The van der Waals surface area contributed by atoms with Crippen LogP contribution in [-0.2, 0) is 6.54 Å². The van der Waals surface area contributed by atoms with Crippen molar-refractivity contribution in [2.75, 3.05) is 25.6 Å². The zero-order valence-electron chi connectivity index (χ0n) is 12.3. The molecule has 0 unspecified atom stereocenters. The van der Waals surface area contributed by atoms with Gasteiger partial charge in [0.15, 0.2) is 11.5 Å². The summed E-state index contributed by atoms with van der Waals surface area (Å²) in [6.07, 6.45) is 0. The maximum atomic E-state index is 5.60. The molecule has 0 saturated heterocycles. The first-order valence-corrected chi connectivity index (χ1v) is 7.03. The standard InChI is InChI=1S/C17H19NO3/c1-12-9-14(4-6-15(12)19-2)18-11-13-3-5-16-17(10-13)21-8-7-20-16/h3-6,9-10,18H,7-8,11H2,1-2H3. The number of anilines is 1. The molecule has 3 rings (SSSR count). The van der Waals surface area contributed by atoms with E-state index in [1.807, 2.05) is 31.2 Å². The molecule has 21 heavy (non-hydrogen) atoms. The quantitative estimate of drug-likeness (QED) is 0.934. The predicted molar refractivity (Wildman–Crippen MR) is 82.5 cm³/mol. The lowest BCUT2D eigenvalue weighted by atomic mass is 10.1. The summed E-state index contributed by atoms with van der Waals surface area (Å²) >= 11 is 0. The van der Waals surface area contributed by atoms with Crippen molar-refractivity contribution in [3.63, 3.8) is 0 Å². The zero-order chi connectivity index (χ0) is 14.7. The van der Waals surface area contributed by atoms with E-state index in [2.05, 4.69) is 17.4 Å². The van der Waals surface area contributed by atoms with Crippen molar-refractivity contribution in [3.05, 3.63) is 47.5 Å². The lowest BCUT2D eigenvalue weighted by Crippen LogP contribution is -2.15. The van der Waals surface area contributed by atoms with E-state index in [0.717, 1.165) is 40.6 Å². The van der Waals surface area contributed by atoms with E-state index < -0.39 is 0 Å². The van der Waals surface area contributed by atoms with E-state index in [1.54, 1.807) is 7.11 Å². The van der Waals surface area contributed by atoms with Crippen LogP contribution in [0.4, 0.5) is 5.69 Å². The maximum absolute atomic E-state index is 5.60. The lowest BCUT2D eigenvalue weighted by molar-refractivity contribution is 0.171. The van der Waals surface area contributed by atoms with Crippen molar-refractivity contribution in [2.45, 2.75) is 13.5 Å². The number of hydrogen-bond donors (Lipinski definition) is 1. The second-order valence-corrected chi connectivity index (χ2v) is 5.02. The van der Waals surface area contributed by atoms with Crippen molar-refractivity contribution < 1.29 is 14.2 Å². The van der Waals surface area contributed by atoms with Crippen LogP contribution in [0.15, 0.2) is 36.4 Å². The van der Waals surface area contributed by atoms with Gasteiger partial charge in [-0.1, -0.05) is 6.07 Å². The van der Waals surface area contributed by atoms with Crippen LogP contribution in [0.3, 0.4) is 0 Å². The Bertz CT molecular complexity index is 640. The maximum Gasteiger partial charge on any atom is 0.161 e. The topological polar surface area (TPSA) is 39.7 Å². The first kappa shape index (κ1) is 13.6. The van der Waals surface area contributed by atoms with Crippen LogP contribution in [0.1, 0.15) is 11.1 Å². The average Bonchev–Trinajstić information content (AvgIpc) is 2.53. The lowest BCUT2D eigenvalue weighted by Gasteiger charge is -2.19. The molecule has 0 aliphatic carbocycles. The number of hydrogen-bond acceptors (Lipinski definition) is 4. The Morgan fingerprint density at radius 2 is 1.86 bits per heavy atom. The highest BCUT2D eigenvalue weighted by Gasteiger charge is 2.11. The highest BCUT2D eigenvalue weighted by atomic mass is 16.6. The van der Waals surface area contributed by atoms with Crippen LogP contribution in [-0.4, -0.2) is 20.3 Å². The summed E-state index contributed by atoms with van der Waals surface area (Å²) in [5, 5.41) is 3.41. The van der Waals surface area contributed by atoms with Crippen molar-refractivity contribution in [3.8, 4) is 17.2 Å². The van der Waals surface area contributed by atoms with Gasteiger partial charge >= 0.3 is 0 Å². The van der Waals surface area contributed by atoms with Crippen LogP contribution < -0.4 is 19.5 Å². The van der Waals surface area contributed by atoms with Gasteiger partial charge in [0, 0.05) is 12.2 Å². The second-order valence-electron chi connectivity index (χ2n) is 5.02. The minimum Gasteiger partial charge on any atom is -0.496 e. The summed E-state index contributed by atoms with van der Waals surface area (Å²) in [6.45, 7) is 4.01. The van der Waals surface area contributed by atoms with E-state index in [1.165, 1.54) is 0 Å². The Balaban J connectivity index is 1.68. The first-order chi connectivity index (χ1) is 10.3. The highest BCUT2D eigenvalue weighted by Crippen LogP contribution is 2.31.